The van der Waals surface area contributed by atoms with E-state index >= 15 is 0 Å². The third-order valence-corrected chi connectivity index (χ3v) is 2.64. The molecule has 0 aliphatic carbocycles. The molecule has 21 heavy (non-hydrogen) atoms. The molecule has 0 aliphatic heterocycles. The summed E-state index contributed by atoms with van der Waals surface area (Å²) in [6, 6.07) is 12.7. The van der Waals surface area contributed by atoms with Gasteiger partial charge in [-0.15, -0.1) is 0 Å². The zero-order valence-corrected chi connectivity index (χ0v) is 11.1. The maximum atomic E-state index is 13.3. The minimum Gasteiger partial charge on any atom is -0.320 e. The number of carbonyl (C=O) groups is 1. The molecule has 2 N–H and O–H groups in total. The standard InChI is InChI=1S/C15H14F2N2O2/c16-12-7-4-8-13(17)15(12)19-14(20)9-18-21-10-11-5-2-1-3-6-11/h1-8,18H,9-10H2,(H,19,20). The van der Waals surface area contributed by atoms with Crippen molar-refractivity contribution in [3.8, 4) is 0 Å². The first-order valence-corrected chi connectivity index (χ1v) is 6.29. The minimum absolute atomic E-state index is 0.222. The SMILES string of the molecule is O=C(CNOCc1ccccc1)Nc1c(F)cccc1F. The van der Waals surface area contributed by atoms with Gasteiger partial charge in [0.15, 0.2) is 0 Å². The molecule has 0 saturated carbocycles. The van der Waals surface area contributed by atoms with Crippen molar-refractivity contribution in [2.24, 2.45) is 0 Å². The summed E-state index contributed by atoms with van der Waals surface area (Å²) in [6.45, 7) is 0.0583. The number of carbonyl (C=O) groups excluding carboxylic acids is 1. The molecule has 0 radical (unpaired) electrons. The Bertz CT molecular complexity index is 586. The third-order valence-electron chi connectivity index (χ3n) is 2.64. The van der Waals surface area contributed by atoms with Crippen LogP contribution in [0.15, 0.2) is 48.5 Å². The molecule has 2 rings (SSSR count). The number of benzene rings is 2. The van der Waals surface area contributed by atoms with Gasteiger partial charge in [0, 0.05) is 0 Å². The van der Waals surface area contributed by atoms with Gasteiger partial charge in [-0.05, 0) is 17.7 Å². The molecule has 0 bridgehead atoms. The van der Waals surface area contributed by atoms with E-state index in [1.807, 2.05) is 30.3 Å². The number of para-hydroxylation sites is 1. The molecule has 0 atom stereocenters. The van der Waals surface area contributed by atoms with Crippen LogP contribution < -0.4 is 10.8 Å². The van der Waals surface area contributed by atoms with E-state index in [-0.39, 0.29) is 13.2 Å². The van der Waals surface area contributed by atoms with Crippen LogP contribution in [0.1, 0.15) is 5.56 Å². The second kappa shape index (κ2) is 7.47. The number of hydrogen-bond acceptors (Lipinski definition) is 3. The van der Waals surface area contributed by atoms with Crippen LogP contribution in [-0.2, 0) is 16.2 Å². The number of amides is 1. The zero-order chi connectivity index (χ0) is 15.1. The predicted octanol–water partition coefficient (Wildman–Crippen LogP) is 2.62. The van der Waals surface area contributed by atoms with Crippen LogP contribution in [0.3, 0.4) is 0 Å². The van der Waals surface area contributed by atoms with Gasteiger partial charge in [0.05, 0.1) is 6.61 Å². The number of hydroxylamine groups is 1. The van der Waals surface area contributed by atoms with E-state index < -0.39 is 23.2 Å². The Balaban J connectivity index is 1.75. The predicted molar refractivity (Wildman–Crippen MR) is 74.2 cm³/mol. The summed E-state index contributed by atoms with van der Waals surface area (Å²) in [6.07, 6.45) is 0. The van der Waals surface area contributed by atoms with Gasteiger partial charge in [0.1, 0.15) is 23.9 Å². The second-order valence-electron chi connectivity index (χ2n) is 4.24. The summed E-state index contributed by atoms with van der Waals surface area (Å²) in [4.78, 5) is 16.6. The molecule has 4 nitrogen and oxygen atoms in total. The summed E-state index contributed by atoms with van der Waals surface area (Å²) in [5.41, 5.74) is 2.91. The van der Waals surface area contributed by atoms with Crippen LogP contribution >= 0.6 is 0 Å². The molecule has 0 fully saturated rings. The zero-order valence-electron chi connectivity index (χ0n) is 11.1. The van der Waals surface area contributed by atoms with Crippen LogP contribution in [0.2, 0.25) is 0 Å². The normalized spacial score (nSPS) is 10.4. The molecular weight excluding hydrogens is 278 g/mol. The van der Waals surface area contributed by atoms with Gasteiger partial charge in [0.25, 0.3) is 0 Å². The Kier molecular flexibility index (Phi) is 5.36. The highest BCUT2D eigenvalue weighted by Gasteiger charge is 2.11. The molecule has 0 saturated heterocycles. The van der Waals surface area contributed by atoms with Crippen molar-refractivity contribution in [3.63, 3.8) is 0 Å². The highest BCUT2D eigenvalue weighted by Crippen LogP contribution is 2.17. The van der Waals surface area contributed by atoms with E-state index in [0.29, 0.717) is 0 Å². The lowest BCUT2D eigenvalue weighted by Crippen LogP contribution is -2.28. The highest BCUT2D eigenvalue weighted by molar-refractivity contribution is 5.92. The lowest BCUT2D eigenvalue weighted by atomic mass is 10.2. The molecule has 2 aromatic carbocycles. The van der Waals surface area contributed by atoms with Gasteiger partial charge in [-0.2, -0.15) is 5.48 Å². The Hall–Kier alpha value is -2.31. The average molecular weight is 292 g/mol. The topological polar surface area (TPSA) is 50.4 Å². The Labute approximate surface area is 120 Å². The molecule has 0 aromatic heterocycles. The largest absolute Gasteiger partial charge is 0.320 e. The molecule has 110 valence electrons. The number of anilines is 1. The Morgan fingerprint density at radius 3 is 2.33 bits per heavy atom. The van der Waals surface area contributed by atoms with Crippen molar-refractivity contribution in [1.29, 1.82) is 0 Å². The monoisotopic (exact) mass is 292 g/mol. The number of rotatable bonds is 6. The average Bonchev–Trinajstić information content (AvgIpc) is 2.49. The first kappa shape index (κ1) is 15.1. The minimum atomic E-state index is -0.825. The molecular formula is C15H14F2N2O2. The maximum Gasteiger partial charge on any atom is 0.240 e. The van der Waals surface area contributed by atoms with Crippen LogP contribution in [0, 0.1) is 11.6 Å². The lowest BCUT2D eigenvalue weighted by molar-refractivity contribution is -0.118. The Morgan fingerprint density at radius 2 is 1.67 bits per heavy atom. The van der Waals surface area contributed by atoms with E-state index in [4.69, 9.17) is 4.84 Å². The summed E-state index contributed by atoms with van der Waals surface area (Å²) >= 11 is 0. The number of nitrogens with one attached hydrogen (secondary N) is 2. The van der Waals surface area contributed by atoms with Crippen molar-refractivity contribution in [2.45, 2.75) is 6.61 Å². The highest BCUT2D eigenvalue weighted by atomic mass is 19.1. The van der Waals surface area contributed by atoms with Crippen molar-refractivity contribution in [1.82, 2.24) is 5.48 Å². The summed E-state index contributed by atoms with van der Waals surface area (Å²) in [7, 11) is 0. The van der Waals surface area contributed by atoms with Gasteiger partial charge in [-0.1, -0.05) is 36.4 Å². The summed E-state index contributed by atoms with van der Waals surface area (Å²) in [5.74, 6) is -2.26. The van der Waals surface area contributed by atoms with Crippen LogP contribution in [0.5, 0.6) is 0 Å². The van der Waals surface area contributed by atoms with Gasteiger partial charge >= 0.3 is 0 Å². The summed E-state index contributed by atoms with van der Waals surface area (Å²) in [5, 5.41) is 2.15. The van der Waals surface area contributed by atoms with Crippen molar-refractivity contribution in [3.05, 3.63) is 65.7 Å². The molecule has 6 heteroatoms. The smallest absolute Gasteiger partial charge is 0.240 e. The van der Waals surface area contributed by atoms with E-state index in [2.05, 4.69) is 10.8 Å². The maximum absolute atomic E-state index is 13.3. The van der Waals surface area contributed by atoms with E-state index in [1.165, 1.54) is 6.07 Å². The fourth-order valence-electron chi connectivity index (χ4n) is 1.63. The van der Waals surface area contributed by atoms with Crippen LogP contribution in [-0.4, -0.2) is 12.5 Å². The quantitative estimate of drug-likeness (QED) is 0.635. The third kappa shape index (κ3) is 4.62. The lowest BCUT2D eigenvalue weighted by Gasteiger charge is -2.08. The number of halogens is 2. The Morgan fingerprint density at radius 1 is 1.00 bits per heavy atom. The fourth-order valence-corrected chi connectivity index (χ4v) is 1.63. The number of hydrogen-bond donors (Lipinski definition) is 2. The van der Waals surface area contributed by atoms with Gasteiger partial charge in [0.2, 0.25) is 5.91 Å². The van der Waals surface area contributed by atoms with Crippen molar-refractivity contribution < 1.29 is 18.4 Å². The molecule has 0 aliphatic rings. The molecule has 1 amide bonds. The van der Waals surface area contributed by atoms with Gasteiger partial charge in [-0.3, -0.25) is 9.63 Å². The van der Waals surface area contributed by atoms with Gasteiger partial charge < -0.3 is 5.32 Å². The fraction of sp³-hybridized carbons (Fsp3) is 0.133. The molecule has 2 aromatic rings. The van der Waals surface area contributed by atoms with Crippen LogP contribution in [0.4, 0.5) is 14.5 Å². The molecule has 0 unspecified atom stereocenters. The molecule has 0 heterocycles. The second-order valence-corrected chi connectivity index (χ2v) is 4.24. The van der Waals surface area contributed by atoms with Gasteiger partial charge in [-0.25, -0.2) is 8.78 Å². The molecule has 0 spiro atoms. The summed E-state index contributed by atoms with van der Waals surface area (Å²) < 4.78 is 26.6. The van der Waals surface area contributed by atoms with Crippen molar-refractivity contribution in [2.75, 3.05) is 11.9 Å². The van der Waals surface area contributed by atoms with Crippen molar-refractivity contribution >= 4 is 11.6 Å². The first-order chi connectivity index (χ1) is 10.2. The van der Waals surface area contributed by atoms with Crippen LogP contribution in [0.25, 0.3) is 0 Å². The van der Waals surface area contributed by atoms with E-state index in [0.717, 1.165) is 17.7 Å². The van der Waals surface area contributed by atoms with E-state index in [9.17, 15) is 13.6 Å². The first-order valence-electron chi connectivity index (χ1n) is 6.29. The van der Waals surface area contributed by atoms with E-state index in [1.54, 1.807) is 0 Å².